The Morgan fingerprint density at radius 2 is 1.85 bits per heavy atom. The molecule has 0 bridgehead atoms. The second-order valence-corrected chi connectivity index (χ2v) is 8.89. The molecule has 0 aliphatic carbocycles. The van der Waals surface area contributed by atoms with E-state index < -0.39 is 0 Å². The SMILES string of the molecule is Cc1cccc(C(=O)N2CCC(Nc3cc(-c4cccc(C#N)c4)cc4ccncc34)CC2)c1. The van der Waals surface area contributed by atoms with Gasteiger partial charge in [-0.2, -0.15) is 5.26 Å². The van der Waals surface area contributed by atoms with E-state index in [9.17, 15) is 10.1 Å². The van der Waals surface area contributed by atoms with Crippen molar-refractivity contribution in [3.63, 3.8) is 0 Å². The largest absolute Gasteiger partial charge is 0.382 e. The lowest BCUT2D eigenvalue weighted by Gasteiger charge is -2.33. The van der Waals surface area contributed by atoms with Gasteiger partial charge < -0.3 is 10.2 Å². The third kappa shape index (κ3) is 4.49. The van der Waals surface area contributed by atoms with Crippen molar-refractivity contribution in [1.29, 1.82) is 5.26 Å². The highest BCUT2D eigenvalue weighted by molar-refractivity contribution is 5.97. The van der Waals surface area contributed by atoms with Gasteiger partial charge in [-0.3, -0.25) is 9.78 Å². The molecule has 1 amide bonds. The lowest BCUT2D eigenvalue weighted by molar-refractivity contribution is 0.0718. The van der Waals surface area contributed by atoms with Crippen LogP contribution in [-0.2, 0) is 0 Å². The third-order valence-corrected chi connectivity index (χ3v) is 6.49. The molecule has 1 aliphatic heterocycles. The van der Waals surface area contributed by atoms with E-state index in [0.717, 1.165) is 64.6 Å². The summed E-state index contributed by atoms with van der Waals surface area (Å²) in [4.78, 5) is 19.2. The number of nitrogens with zero attached hydrogens (tertiary/aromatic N) is 3. The van der Waals surface area contributed by atoms with Crippen molar-refractivity contribution in [2.75, 3.05) is 18.4 Å². The van der Waals surface area contributed by atoms with E-state index in [-0.39, 0.29) is 11.9 Å². The monoisotopic (exact) mass is 446 g/mol. The van der Waals surface area contributed by atoms with Gasteiger partial charge >= 0.3 is 0 Å². The Morgan fingerprint density at radius 1 is 1.03 bits per heavy atom. The maximum Gasteiger partial charge on any atom is 0.253 e. The second kappa shape index (κ2) is 9.36. The van der Waals surface area contributed by atoms with Crippen LogP contribution in [0, 0.1) is 18.3 Å². The molecule has 3 aromatic carbocycles. The van der Waals surface area contributed by atoms with Crippen molar-refractivity contribution in [3.05, 3.63) is 95.8 Å². The van der Waals surface area contributed by atoms with Gasteiger partial charge in [0.1, 0.15) is 0 Å². The molecule has 1 fully saturated rings. The molecule has 1 aliphatic rings. The Kier molecular flexibility index (Phi) is 5.97. The zero-order chi connectivity index (χ0) is 23.5. The summed E-state index contributed by atoms with van der Waals surface area (Å²) in [5, 5.41) is 15.2. The Balaban J connectivity index is 1.36. The number of hydrogen-bond donors (Lipinski definition) is 1. The Labute approximate surface area is 199 Å². The van der Waals surface area contributed by atoms with Gasteiger partial charge in [-0.1, -0.05) is 29.8 Å². The predicted molar refractivity (Wildman–Crippen MR) is 136 cm³/mol. The number of piperidine rings is 1. The van der Waals surface area contributed by atoms with Crippen molar-refractivity contribution < 1.29 is 4.79 Å². The van der Waals surface area contributed by atoms with Crippen LogP contribution in [0.3, 0.4) is 0 Å². The smallest absolute Gasteiger partial charge is 0.253 e. The van der Waals surface area contributed by atoms with Crippen molar-refractivity contribution >= 4 is 22.4 Å². The number of pyridine rings is 1. The highest BCUT2D eigenvalue weighted by Gasteiger charge is 2.24. The van der Waals surface area contributed by atoms with Crippen molar-refractivity contribution in [2.45, 2.75) is 25.8 Å². The number of amides is 1. The molecule has 1 saturated heterocycles. The van der Waals surface area contributed by atoms with Gasteiger partial charge in [0.2, 0.25) is 0 Å². The molecule has 4 aromatic rings. The number of aromatic nitrogens is 1. The summed E-state index contributed by atoms with van der Waals surface area (Å²) in [6.45, 7) is 3.46. The summed E-state index contributed by atoms with van der Waals surface area (Å²) < 4.78 is 0. The zero-order valence-electron chi connectivity index (χ0n) is 19.2. The van der Waals surface area contributed by atoms with Crippen LogP contribution in [0.2, 0.25) is 0 Å². The molecule has 1 N–H and O–H groups in total. The maximum absolute atomic E-state index is 12.9. The number of carbonyl (C=O) groups excluding carboxylic acids is 1. The lowest BCUT2D eigenvalue weighted by atomic mass is 9.98. The molecule has 168 valence electrons. The number of aryl methyl sites for hydroxylation is 1. The summed E-state index contributed by atoms with van der Waals surface area (Å²) in [7, 11) is 0. The van der Waals surface area contributed by atoms with E-state index in [1.54, 1.807) is 6.20 Å². The number of carbonyl (C=O) groups is 1. The van der Waals surface area contributed by atoms with Crippen LogP contribution in [-0.4, -0.2) is 34.9 Å². The second-order valence-electron chi connectivity index (χ2n) is 8.89. The van der Waals surface area contributed by atoms with Crippen LogP contribution in [0.5, 0.6) is 0 Å². The van der Waals surface area contributed by atoms with Gasteiger partial charge in [0.15, 0.2) is 0 Å². The van der Waals surface area contributed by atoms with Gasteiger partial charge in [-0.15, -0.1) is 0 Å². The quantitative estimate of drug-likeness (QED) is 0.430. The number of likely N-dealkylation sites (tertiary alicyclic amines) is 1. The average molecular weight is 447 g/mol. The molecule has 5 heteroatoms. The minimum atomic E-state index is 0.108. The van der Waals surface area contributed by atoms with Crippen LogP contribution >= 0.6 is 0 Å². The van der Waals surface area contributed by atoms with E-state index >= 15 is 0 Å². The van der Waals surface area contributed by atoms with Crippen LogP contribution < -0.4 is 5.32 Å². The lowest BCUT2D eigenvalue weighted by Crippen LogP contribution is -2.42. The first-order chi connectivity index (χ1) is 16.6. The molecular weight excluding hydrogens is 420 g/mol. The molecule has 5 rings (SSSR count). The Bertz CT molecular complexity index is 1400. The minimum Gasteiger partial charge on any atom is -0.382 e. The van der Waals surface area contributed by atoms with Crippen molar-refractivity contribution in [2.24, 2.45) is 0 Å². The average Bonchev–Trinajstić information content (AvgIpc) is 2.88. The molecular formula is C29H26N4O. The topological polar surface area (TPSA) is 69.0 Å². The number of hydrogen-bond acceptors (Lipinski definition) is 4. The summed E-state index contributed by atoms with van der Waals surface area (Å²) in [5.41, 5.74) is 5.61. The molecule has 0 radical (unpaired) electrons. The molecule has 0 unspecified atom stereocenters. The number of rotatable bonds is 4. The first-order valence-electron chi connectivity index (χ1n) is 11.6. The minimum absolute atomic E-state index is 0.108. The Morgan fingerprint density at radius 3 is 2.65 bits per heavy atom. The number of benzene rings is 3. The van der Waals surface area contributed by atoms with Gasteiger partial charge in [-0.05, 0) is 78.7 Å². The molecule has 0 atom stereocenters. The number of anilines is 1. The highest BCUT2D eigenvalue weighted by Crippen LogP contribution is 2.32. The molecule has 1 aromatic heterocycles. The van der Waals surface area contributed by atoms with Gasteiger partial charge in [-0.25, -0.2) is 0 Å². The van der Waals surface area contributed by atoms with Gasteiger partial charge in [0.25, 0.3) is 5.91 Å². The maximum atomic E-state index is 12.9. The highest BCUT2D eigenvalue weighted by atomic mass is 16.2. The first-order valence-corrected chi connectivity index (χ1v) is 11.6. The fraction of sp³-hybridized carbons (Fsp3) is 0.207. The van der Waals surface area contributed by atoms with Crippen molar-refractivity contribution in [1.82, 2.24) is 9.88 Å². The van der Waals surface area contributed by atoms with Gasteiger partial charge in [0, 0.05) is 48.2 Å². The van der Waals surface area contributed by atoms with Crippen molar-refractivity contribution in [3.8, 4) is 17.2 Å². The summed E-state index contributed by atoms with van der Waals surface area (Å²) in [6.07, 6.45) is 5.46. The molecule has 2 heterocycles. The van der Waals surface area contributed by atoms with E-state index in [0.29, 0.717) is 5.56 Å². The van der Waals surface area contributed by atoms with E-state index in [4.69, 9.17) is 0 Å². The van der Waals surface area contributed by atoms with Crippen LogP contribution in [0.1, 0.15) is 34.3 Å². The molecule has 0 spiro atoms. The molecule has 34 heavy (non-hydrogen) atoms. The van der Waals surface area contributed by atoms with Gasteiger partial charge in [0.05, 0.1) is 11.6 Å². The molecule has 5 nitrogen and oxygen atoms in total. The fourth-order valence-electron chi connectivity index (χ4n) is 4.66. The first kappa shape index (κ1) is 21.7. The number of nitrogens with one attached hydrogen (secondary N) is 1. The van der Waals surface area contributed by atoms with Crippen LogP contribution in [0.4, 0.5) is 5.69 Å². The van der Waals surface area contributed by atoms with E-state index in [1.165, 1.54) is 0 Å². The summed E-state index contributed by atoms with van der Waals surface area (Å²) in [6, 6.07) is 24.3. The third-order valence-electron chi connectivity index (χ3n) is 6.49. The fourth-order valence-corrected chi connectivity index (χ4v) is 4.66. The summed E-state index contributed by atoms with van der Waals surface area (Å²) in [5.74, 6) is 0.108. The van der Waals surface area contributed by atoms with E-state index in [1.807, 2.05) is 72.6 Å². The normalized spacial score (nSPS) is 14.1. The number of nitriles is 1. The number of fused-ring (bicyclic) bond motifs is 1. The standard InChI is InChI=1S/C29H26N4O/c1-20-4-2-7-24(14-20)29(34)33-12-9-26(10-13-33)32-28-17-25(16-23-8-11-31-19-27(23)28)22-6-3-5-21(15-22)18-30/h2-8,11,14-17,19,26,32H,9-10,12-13H2,1H3. The van der Waals surface area contributed by atoms with Crippen LogP contribution in [0.25, 0.3) is 21.9 Å². The zero-order valence-corrected chi connectivity index (χ0v) is 19.2. The van der Waals surface area contributed by atoms with Crippen LogP contribution in [0.15, 0.2) is 79.1 Å². The Hall–Kier alpha value is -4.17. The van der Waals surface area contributed by atoms with E-state index in [2.05, 4.69) is 28.5 Å². The predicted octanol–water partition coefficient (Wildman–Crippen LogP) is 5.80. The molecule has 0 saturated carbocycles. The summed E-state index contributed by atoms with van der Waals surface area (Å²) >= 11 is 0.